The van der Waals surface area contributed by atoms with E-state index in [0.29, 0.717) is 52.4 Å². The molecule has 1 heterocycles. The van der Waals surface area contributed by atoms with Crippen LogP contribution in [0.2, 0.25) is 0 Å². The van der Waals surface area contributed by atoms with Crippen LogP contribution < -0.4 is 37.2 Å². The summed E-state index contributed by atoms with van der Waals surface area (Å²) < 4.78 is 0. The van der Waals surface area contributed by atoms with Gasteiger partial charge in [0, 0.05) is 98.8 Å². The SMILES string of the molecule is O=C(O)CN1CCN(CC(=O)O)CCN(CC(O)CO)CCN(CC(=O)O)CC1.[Cl-].[Cl-].[Cl-].[Gd]. The minimum atomic E-state index is -1.00. The second-order valence-electron chi connectivity index (χ2n) is 7.15. The summed E-state index contributed by atoms with van der Waals surface area (Å²) in [4.78, 5) is 40.4. The average molecular weight is 684 g/mol. The predicted octanol–water partition coefficient (Wildman–Crippen LogP) is -12.2. The van der Waals surface area contributed by atoms with Gasteiger partial charge in [-0.15, -0.1) is 0 Å². The van der Waals surface area contributed by atoms with E-state index >= 15 is 0 Å². The van der Waals surface area contributed by atoms with Crippen molar-refractivity contribution in [1.29, 1.82) is 0 Å². The van der Waals surface area contributed by atoms with Gasteiger partial charge in [-0.2, -0.15) is 0 Å². The molecule has 1 fully saturated rings. The van der Waals surface area contributed by atoms with E-state index in [1.165, 1.54) is 0 Å². The molecule has 1 aliphatic rings. The fourth-order valence-corrected chi connectivity index (χ4v) is 3.17. The maximum Gasteiger partial charge on any atom is 0.317 e. The number of rotatable bonds is 9. The summed E-state index contributed by atoms with van der Waals surface area (Å²) in [5, 5.41) is 46.3. The van der Waals surface area contributed by atoms with Crippen LogP contribution in [0.5, 0.6) is 0 Å². The van der Waals surface area contributed by atoms with E-state index in [4.69, 9.17) is 20.4 Å². The second kappa shape index (κ2) is 22.8. The predicted molar refractivity (Wildman–Crippen MR) is 102 cm³/mol. The van der Waals surface area contributed by atoms with Crippen LogP contribution in [-0.4, -0.2) is 154 Å². The van der Waals surface area contributed by atoms with Gasteiger partial charge in [0.15, 0.2) is 0 Å². The second-order valence-corrected chi connectivity index (χ2v) is 7.15. The van der Waals surface area contributed by atoms with Crippen molar-refractivity contribution in [2.45, 2.75) is 6.10 Å². The first kappa shape index (κ1) is 40.5. The normalized spacial score (nSPS) is 18.0. The Hall–Kier alpha value is 0.365. The van der Waals surface area contributed by atoms with Crippen LogP contribution >= 0.6 is 0 Å². The van der Waals surface area contributed by atoms with Gasteiger partial charge in [-0.3, -0.25) is 34.0 Å². The maximum atomic E-state index is 11.2. The number of β-amino-alcohol motifs (C(OH)–C–C–N with tert-alkyl or cyclic N) is 1. The van der Waals surface area contributed by atoms with Crippen LogP contribution in [-0.2, 0) is 14.4 Å². The Morgan fingerprint density at radius 1 is 0.606 bits per heavy atom. The van der Waals surface area contributed by atoms with Crippen LogP contribution in [0.4, 0.5) is 0 Å². The molecule has 1 rings (SSSR count). The molecule has 1 unspecified atom stereocenters. The number of aliphatic hydroxyl groups is 2. The van der Waals surface area contributed by atoms with E-state index in [0.717, 1.165) is 0 Å². The van der Waals surface area contributed by atoms with E-state index < -0.39 is 30.6 Å². The van der Waals surface area contributed by atoms with Crippen molar-refractivity contribution in [2.24, 2.45) is 0 Å². The molecule has 12 nitrogen and oxygen atoms in total. The number of aliphatic hydroxyl groups excluding tert-OH is 2. The molecule has 1 aliphatic heterocycles. The molecule has 0 bridgehead atoms. The third kappa shape index (κ3) is 20.3. The molecular formula is C17H32Cl3GdN4O8-3. The van der Waals surface area contributed by atoms with Crippen molar-refractivity contribution in [3.63, 3.8) is 0 Å². The standard InChI is InChI=1S/C17H32N4O8.3ClH.Gd/c22-13-14(23)9-18-1-3-19(10-15(24)25)5-7-21(12-17(28)29)8-6-20(4-2-18)11-16(26)27;;;;/h14,22-23H,1-13H2,(H,24,25)(H,26,27)(H,28,29);3*1H;/p-3. The summed E-state index contributed by atoms with van der Waals surface area (Å²) >= 11 is 0. The summed E-state index contributed by atoms with van der Waals surface area (Å²) in [6.07, 6.45) is -0.949. The van der Waals surface area contributed by atoms with Gasteiger partial charge in [-0.1, -0.05) is 0 Å². The van der Waals surface area contributed by atoms with Crippen molar-refractivity contribution in [1.82, 2.24) is 19.6 Å². The topological polar surface area (TPSA) is 165 Å². The Bertz CT molecular complexity index is 524. The Balaban J connectivity index is -0.00000105. The first-order valence-corrected chi connectivity index (χ1v) is 9.53. The zero-order valence-corrected chi connectivity index (χ0v) is 22.5. The molecule has 1 saturated heterocycles. The molecular weight excluding hydrogens is 652 g/mol. The molecule has 200 valence electrons. The molecule has 0 aromatic rings. The van der Waals surface area contributed by atoms with Gasteiger partial charge < -0.3 is 62.8 Å². The zero-order chi connectivity index (χ0) is 21.8. The number of aliphatic carboxylic acids is 3. The molecule has 16 heteroatoms. The molecule has 0 aromatic heterocycles. The Kier molecular flexibility index (Phi) is 28.0. The monoisotopic (exact) mass is 683 g/mol. The number of carboxylic acids is 3. The van der Waals surface area contributed by atoms with E-state index in [-0.39, 0.29) is 103 Å². The van der Waals surface area contributed by atoms with Crippen molar-refractivity contribution in [2.75, 3.05) is 85.1 Å². The van der Waals surface area contributed by atoms with Crippen molar-refractivity contribution in [3.05, 3.63) is 0 Å². The fourth-order valence-electron chi connectivity index (χ4n) is 3.17. The number of carbonyl (C=O) groups is 3. The molecule has 5 N–H and O–H groups in total. The quantitative estimate of drug-likeness (QED) is 0.156. The molecule has 0 spiro atoms. The molecule has 0 aromatic carbocycles. The first-order chi connectivity index (χ1) is 13.7. The smallest absolute Gasteiger partial charge is 0.317 e. The zero-order valence-electron chi connectivity index (χ0n) is 18.0. The summed E-state index contributed by atoms with van der Waals surface area (Å²) in [5.74, 6) is -2.98. The van der Waals surface area contributed by atoms with Gasteiger partial charge in [-0.05, 0) is 0 Å². The van der Waals surface area contributed by atoms with Gasteiger partial charge in [0.2, 0.25) is 0 Å². The number of hydrogen-bond acceptors (Lipinski definition) is 9. The molecule has 33 heavy (non-hydrogen) atoms. The summed E-state index contributed by atoms with van der Waals surface area (Å²) in [6.45, 7) is 2.13. The number of hydrogen-bond donors (Lipinski definition) is 5. The Labute approximate surface area is 244 Å². The van der Waals surface area contributed by atoms with E-state index in [2.05, 4.69) is 0 Å². The van der Waals surface area contributed by atoms with Gasteiger partial charge in [0.05, 0.1) is 32.3 Å². The van der Waals surface area contributed by atoms with Crippen molar-refractivity contribution >= 4 is 17.9 Å². The largest absolute Gasteiger partial charge is 1.00 e. The van der Waals surface area contributed by atoms with Gasteiger partial charge in [0.1, 0.15) is 0 Å². The number of halogens is 3. The van der Waals surface area contributed by atoms with Gasteiger partial charge >= 0.3 is 17.9 Å². The van der Waals surface area contributed by atoms with Crippen molar-refractivity contribution < 1.29 is 117 Å². The van der Waals surface area contributed by atoms with E-state index in [1.807, 2.05) is 4.90 Å². The number of carboxylic acid groups (broad SMARTS) is 3. The van der Waals surface area contributed by atoms with E-state index in [9.17, 15) is 19.5 Å². The van der Waals surface area contributed by atoms with Crippen LogP contribution in [0.15, 0.2) is 0 Å². The number of nitrogens with zero attached hydrogens (tertiary/aromatic N) is 4. The fraction of sp³-hybridized carbons (Fsp3) is 0.824. The molecule has 0 amide bonds. The Morgan fingerprint density at radius 2 is 0.848 bits per heavy atom. The molecule has 0 radical (unpaired) electrons. The van der Waals surface area contributed by atoms with Gasteiger partial charge in [0.25, 0.3) is 0 Å². The van der Waals surface area contributed by atoms with Crippen LogP contribution in [0.1, 0.15) is 0 Å². The minimum absolute atomic E-state index is 0. The van der Waals surface area contributed by atoms with Crippen molar-refractivity contribution in [3.8, 4) is 0 Å². The minimum Gasteiger partial charge on any atom is -1.00 e. The first-order valence-electron chi connectivity index (χ1n) is 9.53. The third-order valence-corrected chi connectivity index (χ3v) is 4.69. The van der Waals surface area contributed by atoms with Crippen LogP contribution in [0.25, 0.3) is 0 Å². The van der Waals surface area contributed by atoms with Gasteiger partial charge in [-0.25, -0.2) is 0 Å². The maximum absolute atomic E-state index is 11.2. The molecule has 0 saturated carbocycles. The summed E-state index contributed by atoms with van der Waals surface area (Å²) in [5.41, 5.74) is 0. The average Bonchev–Trinajstić information content (AvgIpc) is 2.62. The molecule has 1 atom stereocenters. The Morgan fingerprint density at radius 3 is 1.06 bits per heavy atom. The third-order valence-electron chi connectivity index (χ3n) is 4.69. The summed E-state index contributed by atoms with van der Waals surface area (Å²) in [7, 11) is 0. The summed E-state index contributed by atoms with van der Waals surface area (Å²) in [6, 6.07) is 0. The van der Waals surface area contributed by atoms with Crippen LogP contribution in [0.3, 0.4) is 0 Å². The van der Waals surface area contributed by atoms with E-state index in [1.54, 1.807) is 14.7 Å². The molecule has 0 aliphatic carbocycles. The van der Waals surface area contributed by atoms with Crippen LogP contribution in [0, 0.1) is 39.9 Å².